The molecule has 59 heavy (non-hydrogen) atoms. The quantitative estimate of drug-likeness (QED) is 0.0267. The zero-order valence-corrected chi connectivity index (χ0v) is 72.8. The Kier molecular flexibility index (Phi) is 304. The van der Waals surface area contributed by atoms with Gasteiger partial charge in [0.05, 0.1) is 0 Å². The summed E-state index contributed by atoms with van der Waals surface area (Å²) in [5.41, 5.74) is 0. The van der Waals surface area contributed by atoms with E-state index in [1.54, 1.807) is 0 Å². The van der Waals surface area contributed by atoms with Crippen LogP contribution >= 0.6 is 0 Å². The summed E-state index contributed by atoms with van der Waals surface area (Å²) in [5.74, 6) is 0. The molecule has 0 atom stereocenters. The van der Waals surface area contributed by atoms with Crippen molar-refractivity contribution in [3.63, 3.8) is 0 Å². The molecule has 0 aromatic rings. The Balaban J connectivity index is -0.0000000396. The van der Waals surface area contributed by atoms with Gasteiger partial charge in [0.15, 0.2) is 0 Å². The van der Waals surface area contributed by atoms with E-state index in [1.165, 1.54) is 114 Å². The Hall–Kier alpha value is 20.1. The first-order chi connectivity index (χ1) is 26.3. The first-order valence-electron chi connectivity index (χ1n) is 11.7. The molecule has 266 valence electrons. The Morgan fingerprint density at radius 3 is 0.610 bits per heavy atom. The number of hydrogen-bond acceptors (Lipinski definition) is 33. The molecule has 0 saturated carbocycles. The average molecular weight is 1390 g/mol. The van der Waals surface area contributed by atoms with Gasteiger partial charge in [-0.05, 0) is 101 Å². The summed E-state index contributed by atoms with van der Waals surface area (Å²) in [7, 11) is 0. The molecule has 28 radical (unpaired) electrons. The van der Waals surface area contributed by atoms with Crippen LogP contribution in [0.25, 0.3) is 0 Å². The maximum absolute atomic E-state index is 8.17. The first-order valence-corrected chi connectivity index (χ1v) is 104. The van der Waals surface area contributed by atoms with Gasteiger partial charge >= 0.3 is 349 Å². The van der Waals surface area contributed by atoms with Crippen LogP contribution in [0, 0.1) is 0 Å². The van der Waals surface area contributed by atoms with Crippen LogP contribution in [0.4, 0.5) is 0 Å². The molecule has 0 saturated heterocycles. The van der Waals surface area contributed by atoms with E-state index in [9.17, 15) is 0 Å². The molecule has 0 aromatic heterocycles. The third kappa shape index (κ3) is 160. The SMILES string of the molecule is OOOOOOOOOOOO[O][Al][O]OOOOOOOOOOOO.[Al].[Al].[Al].[Al].[Al].[Al].[Ca][Ca][Ca][Ca][Ca][Ca][Ca][Ca][Ca][Ca][Ca][Ca].[O]=[Al].[O]=[Al].[O]=[Al].[O]=[Al].[O]=[Al].[O]=[Al].[O]=[Al]. The predicted octanol–water partition coefficient (Wildman–Crippen LogP) is -12.4. The molecule has 33 nitrogen and oxygen atoms in total. The summed E-state index contributed by atoms with van der Waals surface area (Å²) in [4.78, 5) is 0. The van der Waals surface area contributed by atoms with Gasteiger partial charge in [-0.3, -0.25) is 0 Å². The van der Waals surface area contributed by atoms with Crippen molar-refractivity contribution in [3.05, 3.63) is 0 Å². The standard InChI is InChI=1S/14Al.12Ca.2H2O13.7O/c;;;;;;;;;;;;;;;;;;;;;;;;;;2*1-3-5-7-9-11-13-12-10-8-6-4-2;;;;;;;/h;;;;;;;;;;;;;;;;;;;;;;;;;;2*1-2H;;;;;;;/q;;;;;;;;;;;;;+2;;;;;;;;;;;;;;;;;;;;;/p-2. The molecule has 0 heterocycles. The van der Waals surface area contributed by atoms with Gasteiger partial charge in [-0.1, -0.05) is 10.1 Å². The van der Waals surface area contributed by atoms with E-state index >= 15 is 0 Å². The van der Waals surface area contributed by atoms with E-state index in [2.05, 4.69) is 119 Å². The van der Waals surface area contributed by atoms with Crippen LogP contribution in [0.5, 0.6) is 0 Å². The Morgan fingerprint density at radius 1 is 0.288 bits per heavy atom. The Morgan fingerprint density at radius 2 is 0.441 bits per heavy atom. The Labute approximate surface area is 558 Å². The van der Waals surface area contributed by atoms with Crippen molar-refractivity contribution >= 4 is 427 Å². The summed E-state index contributed by atoms with van der Waals surface area (Å²) >= 11 is 17.1. The fourth-order valence-electron chi connectivity index (χ4n) is 1.70. The van der Waals surface area contributed by atoms with Gasteiger partial charge in [0.2, 0.25) is 0 Å². The molecule has 0 aliphatic rings. The molecule has 0 unspecified atom stereocenters. The van der Waals surface area contributed by atoms with Gasteiger partial charge in [0, 0.05) is 104 Å². The molecule has 59 heteroatoms. The zero-order chi connectivity index (χ0) is 42.7. The van der Waals surface area contributed by atoms with Gasteiger partial charge in [-0.25, -0.2) is 10.5 Å². The molecular weight excluding hydrogens is 1390 g/mol. The monoisotopic (exact) mass is 1390 g/mol. The fraction of sp³-hybridized carbons (Fsp3) is 0. The van der Waals surface area contributed by atoms with Crippen LogP contribution in [0.2, 0.25) is 0 Å². The third-order valence-electron chi connectivity index (χ3n) is 2.97. The first kappa shape index (κ1) is 117. The second kappa shape index (κ2) is 153. The van der Waals surface area contributed by atoms with E-state index in [0.29, 0.717) is 141 Å². The molecule has 2 N–H and O–H groups in total. The summed E-state index contributed by atoms with van der Waals surface area (Å²) in [6, 6.07) is 0. The minimum absolute atomic E-state index is 0. The average Bonchev–Trinajstić information content (AvgIpc) is 3.24. The van der Waals surface area contributed by atoms with Crippen LogP contribution < -0.4 is 0 Å². The summed E-state index contributed by atoms with van der Waals surface area (Å²) in [6.07, 6.45) is 0. The van der Waals surface area contributed by atoms with Crippen LogP contribution in [0.15, 0.2) is 0 Å². The van der Waals surface area contributed by atoms with Gasteiger partial charge in [0.1, 0.15) is 0 Å². The van der Waals surface area contributed by atoms with Crippen molar-refractivity contribution in [1.29, 1.82) is 0 Å². The van der Waals surface area contributed by atoms with E-state index in [-0.39, 0.29) is 104 Å². The van der Waals surface area contributed by atoms with Gasteiger partial charge in [-0.2, -0.15) is 0 Å². The van der Waals surface area contributed by atoms with Crippen LogP contribution in [0.1, 0.15) is 0 Å². The Bertz CT molecular complexity index is 484. The zero-order valence-electron chi connectivity index (χ0n) is 30.1. The van der Waals surface area contributed by atoms with E-state index in [4.69, 9.17) is 37.1 Å². The van der Waals surface area contributed by atoms with E-state index in [0.717, 1.165) is 0 Å². The molecular formula is H2Al14Ca12O33. The molecule has 0 aromatic carbocycles. The minimum atomic E-state index is -1.55. The van der Waals surface area contributed by atoms with Gasteiger partial charge in [0.25, 0.3) is 0 Å². The maximum atomic E-state index is 8.17. The normalized spacial score (nSPS) is 6.19. The van der Waals surface area contributed by atoms with Crippen LogP contribution in [-0.2, 0) is 145 Å². The molecule has 0 amide bonds. The second-order valence-electron chi connectivity index (χ2n) is 5.33. The second-order valence-corrected chi connectivity index (χ2v) is 250. The van der Waals surface area contributed by atoms with Gasteiger partial charge in [-0.15, -0.1) is 0 Å². The number of rotatable bonds is 33. The van der Waals surface area contributed by atoms with Crippen molar-refractivity contribution < 1.29 is 156 Å². The number of hydrogen-bond donors (Lipinski definition) is 2. The molecule has 0 aliphatic carbocycles. The predicted molar refractivity (Wildman–Crippen MR) is 186 cm³/mol. The van der Waals surface area contributed by atoms with Crippen molar-refractivity contribution in [2.75, 3.05) is 0 Å². The fourth-order valence-corrected chi connectivity index (χ4v) is 1690. The van der Waals surface area contributed by atoms with Crippen LogP contribution in [-0.4, -0.2) is 438 Å². The summed E-state index contributed by atoms with van der Waals surface area (Å²) in [6.45, 7) is 0. The molecule has 0 spiro atoms. The van der Waals surface area contributed by atoms with Crippen LogP contribution in [0.3, 0.4) is 0 Å². The van der Waals surface area contributed by atoms with Crippen molar-refractivity contribution in [3.8, 4) is 0 Å². The molecule has 0 aliphatic heterocycles. The van der Waals surface area contributed by atoms with E-state index < -0.39 is 15.9 Å². The van der Waals surface area contributed by atoms with E-state index in [1.807, 2.05) is 51.9 Å². The van der Waals surface area contributed by atoms with Gasteiger partial charge < -0.3 is 7.88 Å². The third-order valence-corrected chi connectivity index (χ3v) is 651. The molecule has 0 rings (SSSR count). The van der Waals surface area contributed by atoms with Crippen molar-refractivity contribution in [2.45, 2.75) is 0 Å². The summed E-state index contributed by atoms with van der Waals surface area (Å²) in [5, 5.41) is 90.6. The van der Waals surface area contributed by atoms with Crippen molar-refractivity contribution in [2.24, 2.45) is 0 Å². The topological polar surface area (TPSA) is 381 Å². The van der Waals surface area contributed by atoms with Crippen molar-refractivity contribution in [1.82, 2.24) is 0 Å². The summed E-state index contributed by atoms with van der Waals surface area (Å²) < 4.78 is 65.3. The molecule has 0 bridgehead atoms. The molecule has 0 fully saturated rings.